The molecule has 0 bridgehead atoms. The van der Waals surface area contributed by atoms with Crippen molar-refractivity contribution in [3.63, 3.8) is 0 Å². The van der Waals surface area contributed by atoms with Gasteiger partial charge in [0.25, 0.3) is 0 Å². The lowest BCUT2D eigenvalue weighted by molar-refractivity contribution is -0.121. The average molecular weight is 451 g/mol. The third-order valence-electron chi connectivity index (χ3n) is 4.02. The molecule has 142 valence electrons. The molecule has 3 rings (SSSR count). The molecule has 1 unspecified atom stereocenters. The Balaban J connectivity index is 1.52. The first kappa shape index (κ1) is 19.6. The SMILES string of the molecule is CC(NC(=O)CCNS(=O)(=O)c1ccc(Br)cc1)c1cc2ccccc2o1. The lowest BCUT2D eigenvalue weighted by atomic mass is 10.2. The van der Waals surface area contributed by atoms with Gasteiger partial charge in [-0.05, 0) is 43.3 Å². The molecule has 0 aliphatic rings. The summed E-state index contributed by atoms with van der Waals surface area (Å²) >= 11 is 3.26. The molecule has 0 aliphatic heterocycles. The minimum Gasteiger partial charge on any atom is -0.459 e. The van der Waals surface area contributed by atoms with Crippen LogP contribution in [-0.2, 0) is 14.8 Å². The molecule has 1 amide bonds. The number of sulfonamides is 1. The molecule has 3 aromatic rings. The molecule has 2 aromatic carbocycles. The van der Waals surface area contributed by atoms with E-state index in [1.54, 1.807) is 12.1 Å². The van der Waals surface area contributed by atoms with Crippen LogP contribution in [-0.4, -0.2) is 20.9 Å². The van der Waals surface area contributed by atoms with E-state index in [1.807, 2.05) is 37.3 Å². The zero-order valence-electron chi connectivity index (χ0n) is 14.6. The Morgan fingerprint density at radius 3 is 2.56 bits per heavy atom. The van der Waals surface area contributed by atoms with E-state index in [4.69, 9.17) is 4.42 Å². The topological polar surface area (TPSA) is 88.4 Å². The minimum atomic E-state index is -3.64. The van der Waals surface area contributed by atoms with Gasteiger partial charge in [-0.15, -0.1) is 0 Å². The van der Waals surface area contributed by atoms with Gasteiger partial charge in [-0.2, -0.15) is 0 Å². The molecule has 0 spiro atoms. The fraction of sp³-hybridized carbons (Fsp3) is 0.211. The second kappa shape index (κ2) is 8.24. The van der Waals surface area contributed by atoms with E-state index in [1.165, 1.54) is 12.1 Å². The number of nitrogens with one attached hydrogen (secondary N) is 2. The van der Waals surface area contributed by atoms with E-state index < -0.39 is 10.0 Å². The standard InChI is InChI=1S/C19H19BrN2O4S/c1-13(18-12-14-4-2-3-5-17(14)26-18)22-19(23)10-11-21-27(24,25)16-8-6-15(20)7-9-16/h2-9,12-13,21H,10-11H2,1H3,(H,22,23). The van der Waals surface area contributed by atoms with E-state index >= 15 is 0 Å². The summed E-state index contributed by atoms with van der Waals surface area (Å²) in [5, 5.41) is 3.79. The average Bonchev–Trinajstić information content (AvgIpc) is 3.06. The first-order valence-corrected chi connectivity index (χ1v) is 10.7. The van der Waals surface area contributed by atoms with Crippen molar-refractivity contribution in [2.75, 3.05) is 6.54 Å². The molecule has 6 nitrogen and oxygen atoms in total. The van der Waals surface area contributed by atoms with Crippen LogP contribution < -0.4 is 10.0 Å². The van der Waals surface area contributed by atoms with Crippen LogP contribution in [0, 0.1) is 0 Å². The second-order valence-corrected chi connectivity index (χ2v) is 8.76. The molecular formula is C19H19BrN2O4S. The van der Waals surface area contributed by atoms with Gasteiger partial charge >= 0.3 is 0 Å². The number of carbonyl (C=O) groups is 1. The van der Waals surface area contributed by atoms with E-state index in [2.05, 4.69) is 26.0 Å². The van der Waals surface area contributed by atoms with Gasteiger partial charge in [0.05, 0.1) is 10.9 Å². The maximum absolute atomic E-state index is 12.2. The third-order valence-corrected chi connectivity index (χ3v) is 6.02. The Kier molecular flexibility index (Phi) is 5.98. The first-order valence-electron chi connectivity index (χ1n) is 8.38. The molecular weight excluding hydrogens is 432 g/mol. The molecule has 2 N–H and O–H groups in total. The van der Waals surface area contributed by atoms with Gasteiger partial charge < -0.3 is 9.73 Å². The molecule has 1 atom stereocenters. The van der Waals surface area contributed by atoms with Crippen LogP contribution in [0.4, 0.5) is 0 Å². The number of rotatable bonds is 7. The van der Waals surface area contributed by atoms with E-state index in [0.29, 0.717) is 5.76 Å². The highest BCUT2D eigenvalue weighted by atomic mass is 79.9. The first-order chi connectivity index (χ1) is 12.8. The maximum Gasteiger partial charge on any atom is 0.240 e. The summed E-state index contributed by atoms with van der Waals surface area (Å²) in [7, 11) is -3.64. The van der Waals surface area contributed by atoms with Crippen LogP contribution >= 0.6 is 15.9 Å². The summed E-state index contributed by atoms with van der Waals surface area (Å²) in [6.45, 7) is 1.83. The van der Waals surface area contributed by atoms with Crippen LogP contribution in [0.25, 0.3) is 11.0 Å². The Labute approximate surface area is 166 Å². The summed E-state index contributed by atoms with van der Waals surface area (Å²) in [6.07, 6.45) is 0.0281. The van der Waals surface area contributed by atoms with Crippen LogP contribution in [0.2, 0.25) is 0 Å². The molecule has 0 aliphatic carbocycles. The van der Waals surface area contributed by atoms with E-state index in [9.17, 15) is 13.2 Å². The van der Waals surface area contributed by atoms with Gasteiger partial charge in [0.15, 0.2) is 0 Å². The maximum atomic E-state index is 12.2. The quantitative estimate of drug-likeness (QED) is 0.573. The predicted molar refractivity (Wildman–Crippen MR) is 107 cm³/mol. The molecule has 1 aromatic heterocycles. The normalized spacial score (nSPS) is 12.8. The van der Waals surface area contributed by atoms with Crippen molar-refractivity contribution < 1.29 is 17.6 Å². The molecule has 1 heterocycles. The van der Waals surface area contributed by atoms with Gasteiger partial charge in [0.1, 0.15) is 11.3 Å². The number of hydrogen-bond acceptors (Lipinski definition) is 4. The Hall–Kier alpha value is -2.16. The Morgan fingerprint density at radius 1 is 1.15 bits per heavy atom. The van der Waals surface area contributed by atoms with Crippen molar-refractivity contribution in [1.82, 2.24) is 10.0 Å². The monoisotopic (exact) mass is 450 g/mol. The van der Waals surface area contributed by atoms with Gasteiger partial charge in [-0.3, -0.25) is 4.79 Å². The fourth-order valence-corrected chi connectivity index (χ4v) is 3.89. The fourth-order valence-electron chi connectivity index (χ4n) is 2.60. The zero-order valence-corrected chi connectivity index (χ0v) is 17.0. The van der Waals surface area contributed by atoms with Crippen LogP contribution in [0.15, 0.2) is 68.4 Å². The molecule has 0 radical (unpaired) electrons. The third kappa shape index (κ3) is 4.97. The highest BCUT2D eigenvalue weighted by Crippen LogP contribution is 2.23. The highest BCUT2D eigenvalue weighted by Gasteiger charge is 2.16. The number of para-hydroxylation sites is 1. The smallest absolute Gasteiger partial charge is 0.240 e. The lowest BCUT2D eigenvalue weighted by Crippen LogP contribution is -2.32. The van der Waals surface area contributed by atoms with Crippen molar-refractivity contribution in [2.24, 2.45) is 0 Å². The van der Waals surface area contributed by atoms with Gasteiger partial charge in [0, 0.05) is 22.8 Å². The molecule has 0 saturated heterocycles. The van der Waals surface area contributed by atoms with Crippen LogP contribution in [0.3, 0.4) is 0 Å². The molecule has 0 saturated carbocycles. The number of hydrogen-bond donors (Lipinski definition) is 2. The van der Waals surface area contributed by atoms with Crippen molar-refractivity contribution >= 4 is 42.8 Å². The molecule has 8 heteroatoms. The predicted octanol–water partition coefficient (Wildman–Crippen LogP) is 3.74. The van der Waals surface area contributed by atoms with Gasteiger partial charge in [-0.1, -0.05) is 34.1 Å². The summed E-state index contributed by atoms with van der Waals surface area (Å²) in [5.41, 5.74) is 0.760. The Bertz CT molecular complexity index is 1010. The number of amides is 1. The van der Waals surface area contributed by atoms with Crippen molar-refractivity contribution in [2.45, 2.75) is 24.3 Å². The van der Waals surface area contributed by atoms with Gasteiger partial charge in [0.2, 0.25) is 15.9 Å². The second-order valence-electron chi connectivity index (χ2n) is 6.08. The number of benzene rings is 2. The van der Waals surface area contributed by atoms with Crippen molar-refractivity contribution in [3.8, 4) is 0 Å². The number of carbonyl (C=O) groups excluding carboxylic acids is 1. The zero-order chi connectivity index (χ0) is 19.4. The van der Waals surface area contributed by atoms with E-state index in [-0.39, 0.29) is 29.8 Å². The summed E-state index contributed by atoms with van der Waals surface area (Å²) in [4.78, 5) is 12.3. The number of halogens is 1. The van der Waals surface area contributed by atoms with E-state index in [0.717, 1.165) is 15.4 Å². The van der Waals surface area contributed by atoms with Crippen LogP contribution in [0.1, 0.15) is 25.1 Å². The molecule has 27 heavy (non-hydrogen) atoms. The van der Waals surface area contributed by atoms with Gasteiger partial charge in [-0.25, -0.2) is 13.1 Å². The summed E-state index contributed by atoms with van der Waals surface area (Å²) < 4.78 is 33.3. The van der Waals surface area contributed by atoms with Crippen LogP contribution in [0.5, 0.6) is 0 Å². The number of fused-ring (bicyclic) bond motifs is 1. The summed E-state index contributed by atoms with van der Waals surface area (Å²) in [5.74, 6) is 0.390. The number of furan rings is 1. The van der Waals surface area contributed by atoms with Crippen molar-refractivity contribution in [1.29, 1.82) is 0 Å². The minimum absolute atomic E-state index is 0.0110. The largest absolute Gasteiger partial charge is 0.459 e. The lowest BCUT2D eigenvalue weighted by Gasteiger charge is -2.12. The van der Waals surface area contributed by atoms with Crippen molar-refractivity contribution in [3.05, 3.63) is 64.8 Å². The summed E-state index contributed by atoms with van der Waals surface area (Å²) in [6, 6.07) is 15.5. The molecule has 0 fully saturated rings. The highest BCUT2D eigenvalue weighted by molar-refractivity contribution is 9.10. The Morgan fingerprint density at radius 2 is 1.85 bits per heavy atom.